The quantitative estimate of drug-likeness (QED) is 0.753. The van der Waals surface area contributed by atoms with E-state index in [1.807, 2.05) is 0 Å². The molecule has 4 heteroatoms. The van der Waals surface area contributed by atoms with E-state index in [2.05, 4.69) is 0 Å². The molecular formula is C11H12FNO2. The summed E-state index contributed by atoms with van der Waals surface area (Å²) in [5.74, 6) is -0.312. The zero-order valence-electron chi connectivity index (χ0n) is 8.24. The first kappa shape index (κ1) is 11.5. The van der Waals surface area contributed by atoms with Crippen LogP contribution < -0.4 is 4.74 Å². The Morgan fingerprint density at radius 2 is 2.20 bits per heavy atom. The third-order valence-electron chi connectivity index (χ3n) is 1.90. The molecule has 0 radical (unpaired) electrons. The van der Waals surface area contributed by atoms with Gasteiger partial charge in [-0.2, -0.15) is 5.26 Å². The van der Waals surface area contributed by atoms with Gasteiger partial charge in [0, 0.05) is 6.61 Å². The van der Waals surface area contributed by atoms with Gasteiger partial charge in [0.1, 0.15) is 23.2 Å². The smallest absolute Gasteiger partial charge is 0.144 e. The summed E-state index contributed by atoms with van der Waals surface area (Å²) in [5, 5.41) is 17.2. The largest absolute Gasteiger partial charge is 0.492 e. The van der Waals surface area contributed by atoms with Gasteiger partial charge < -0.3 is 9.84 Å². The molecular weight excluding hydrogens is 197 g/mol. The van der Waals surface area contributed by atoms with Crippen LogP contribution in [0.1, 0.15) is 18.4 Å². The van der Waals surface area contributed by atoms with Gasteiger partial charge in [-0.15, -0.1) is 0 Å². The number of halogens is 1. The predicted molar refractivity (Wildman–Crippen MR) is 52.9 cm³/mol. The Labute approximate surface area is 87.7 Å². The van der Waals surface area contributed by atoms with Crippen molar-refractivity contribution in [1.29, 1.82) is 5.26 Å². The van der Waals surface area contributed by atoms with Gasteiger partial charge in [0.25, 0.3) is 0 Å². The summed E-state index contributed by atoms with van der Waals surface area (Å²) in [6, 6.07) is 6.03. The SMILES string of the molecule is N#Cc1c(F)cccc1OCCCCO. The minimum atomic E-state index is -0.572. The first-order chi connectivity index (χ1) is 7.29. The Hall–Kier alpha value is -1.60. The summed E-state index contributed by atoms with van der Waals surface area (Å²) in [6.07, 6.45) is 1.31. The summed E-state index contributed by atoms with van der Waals surface area (Å²) in [5.41, 5.74) is -0.0681. The second-order valence-corrected chi connectivity index (χ2v) is 3.00. The summed E-state index contributed by atoms with van der Waals surface area (Å²) in [7, 11) is 0. The van der Waals surface area contributed by atoms with Gasteiger partial charge in [-0.05, 0) is 25.0 Å². The number of rotatable bonds is 5. The number of benzene rings is 1. The van der Waals surface area contributed by atoms with Gasteiger partial charge in [-0.3, -0.25) is 0 Å². The van der Waals surface area contributed by atoms with Crippen molar-refractivity contribution < 1.29 is 14.2 Å². The van der Waals surface area contributed by atoms with E-state index >= 15 is 0 Å². The van der Waals surface area contributed by atoms with Crippen LogP contribution >= 0.6 is 0 Å². The highest BCUT2D eigenvalue weighted by Gasteiger charge is 2.07. The molecule has 0 saturated heterocycles. The van der Waals surface area contributed by atoms with Gasteiger partial charge in [0.15, 0.2) is 0 Å². The maximum Gasteiger partial charge on any atom is 0.144 e. The van der Waals surface area contributed by atoms with Crippen molar-refractivity contribution in [2.45, 2.75) is 12.8 Å². The molecule has 0 spiro atoms. The number of hydrogen-bond acceptors (Lipinski definition) is 3. The second kappa shape index (κ2) is 5.99. The number of hydrogen-bond donors (Lipinski definition) is 1. The number of nitriles is 1. The molecule has 0 aromatic heterocycles. The normalized spacial score (nSPS) is 9.67. The van der Waals surface area contributed by atoms with Crippen LogP contribution in [0.2, 0.25) is 0 Å². The van der Waals surface area contributed by atoms with E-state index in [1.165, 1.54) is 12.1 Å². The molecule has 0 atom stereocenters. The lowest BCUT2D eigenvalue weighted by atomic mass is 10.2. The molecule has 0 aliphatic carbocycles. The van der Waals surface area contributed by atoms with Crippen LogP contribution in [0, 0.1) is 17.1 Å². The van der Waals surface area contributed by atoms with Gasteiger partial charge in [-0.25, -0.2) is 4.39 Å². The van der Waals surface area contributed by atoms with Crippen LogP contribution in [-0.4, -0.2) is 18.3 Å². The third-order valence-corrected chi connectivity index (χ3v) is 1.90. The lowest BCUT2D eigenvalue weighted by molar-refractivity contribution is 0.252. The molecule has 80 valence electrons. The minimum absolute atomic E-state index is 0.0681. The molecule has 0 heterocycles. The Morgan fingerprint density at radius 1 is 1.40 bits per heavy atom. The molecule has 1 aromatic carbocycles. The highest BCUT2D eigenvalue weighted by molar-refractivity contribution is 5.43. The van der Waals surface area contributed by atoms with E-state index in [0.29, 0.717) is 19.4 Å². The first-order valence-electron chi connectivity index (χ1n) is 4.72. The van der Waals surface area contributed by atoms with Crippen LogP contribution in [0.15, 0.2) is 18.2 Å². The van der Waals surface area contributed by atoms with Crippen molar-refractivity contribution in [3.05, 3.63) is 29.6 Å². The van der Waals surface area contributed by atoms with Crippen molar-refractivity contribution in [2.24, 2.45) is 0 Å². The monoisotopic (exact) mass is 209 g/mol. The van der Waals surface area contributed by atoms with Crippen LogP contribution in [0.25, 0.3) is 0 Å². The fraction of sp³-hybridized carbons (Fsp3) is 0.364. The summed E-state index contributed by atoms with van der Waals surface area (Å²) >= 11 is 0. The molecule has 1 aromatic rings. The van der Waals surface area contributed by atoms with E-state index in [9.17, 15) is 4.39 Å². The number of unbranched alkanes of at least 4 members (excludes halogenated alkanes) is 1. The maximum atomic E-state index is 13.1. The Kier molecular flexibility index (Phi) is 4.58. The Bertz CT molecular complexity index is 360. The van der Waals surface area contributed by atoms with Gasteiger partial charge in [0.2, 0.25) is 0 Å². The maximum absolute atomic E-state index is 13.1. The standard InChI is InChI=1S/C11H12FNO2/c12-10-4-3-5-11(9(10)8-13)15-7-2-1-6-14/h3-5,14H,1-2,6-7H2. The van der Waals surface area contributed by atoms with Crippen molar-refractivity contribution >= 4 is 0 Å². The number of aliphatic hydroxyl groups excluding tert-OH is 1. The van der Waals surface area contributed by atoms with E-state index in [0.717, 1.165) is 0 Å². The van der Waals surface area contributed by atoms with E-state index in [4.69, 9.17) is 15.1 Å². The summed E-state index contributed by atoms with van der Waals surface area (Å²) in [4.78, 5) is 0. The molecule has 0 amide bonds. The molecule has 15 heavy (non-hydrogen) atoms. The van der Waals surface area contributed by atoms with Crippen molar-refractivity contribution in [1.82, 2.24) is 0 Å². The fourth-order valence-corrected chi connectivity index (χ4v) is 1.13. The van der Waals surface area contributed by atoms with Crippen LogP contribution in [-0.2, 0) is 0 Å². The second-order valence-electron chi connectivity index (χ2n) is 3.00. The van der Waals surface area contributed by atoms with Crippen LogP contribution in [0.4, 0.5) is 4.39 Å². The molecule has 0 aliphatic heterocycles. The van der Waals surface area contributed by atoms with Crippen molar-refractivity contribution in [3.63, 3.8) is 0 Å². The highest BCUT2D eigenvalue weighted by Crippen LogP contribution is 2.20. The average molecular weight is 209 g/mol. The van der Waals surface area contributed by atoms with Crippen LogP contribution in [0.3, 0.4) is 0 Å². The lowest BCUT2D eigenvalue weighted by Crippen LogP contribution is -2.01. The summed E-state index contributed by atoms with van der Waals surface area (Å²) < 4.78 is 18.3. The number of nitrogens with zero attached hydrogens (tertiary/aromatic N) is 1. The van der Waals surface area contributed by atoms with Gasteiger partial charge >= 0.3 is 0 Å². The molecule has 0 saturated carbocycles. The van der Waals surface area contributed by atoms with E-state index in [1.54, 1.807) is 12.1 Å². The van der Waals surface area contributed by atoms with E-state index < -0.39 is 5.82 Å². The molecule has 3 nitrogen and oxygen atoms in total. The third kappa shape index (κ3) is 3.22. The first-order valence-corrected chi connectivity index (χ1v) is 4.72. The highest BCUT2D eigenvalue weighted by atomic mass is 19.1. The Morgan fingerprint density at radius 3 is 2.87 bits per heavy atom. The topological polar surface area (TPSA) is 53.2 Å². The predicted octanol–water partition coefficient (Wildman–Crippen LogP) is 1.85. The molecule has 0 fully saturated rings. The zero-order valence-corrected chi connectivity index (χ0v) is 8.24. The van der Waals surface area contributed by atoms with Crippen molar-refractivity contribution in [2.75, 3.05) is 13.2 Å². The molecule has 0 unspecified atom stereocenters. The van der Waals surface area contributed by atoms with Gasteiger partial charge in [0.05, 0.1) is 6.61 Å². The lowest BCUT2D eigenvalue weighted by Gasteiger charge is -2.07. The average Bonchev–Trinajstić information content (AvgIpc) is 2.24. The minimum Gasteiger partial charge on any atom is -0.492 e. The molecule has 0 aliphatic rings. The molecule has 1 N–H and O–H groups in total. The zero-order chi connectivity index (χ0) is 11.1. The Balaban J connectivity index is 2.61. The molecule has 0 bridgehead atoms. The number of ether oxygens (including phenoxy) is 1. The van der Waals surface area contributed by atoms with Crippen LogP contribution in [0.5, 0.6) is 5.75 Å². The molecule has 1 rings (SSSR count). The number of aliphatic hydroxyl groups is 1. The van der Waals surface area contributed by atoms with Gasteiger partial charge in [-0.1, -0.05) is 6.07 Å². The van der Waals surface area contributed by atoms with E-state index in [-0.39, 0.29) is 17.9 Å². The fourth-order valence-electron chi connectivity index (χ4n) is 1.13. The van der Waals surface area contributed by atoms with Crippen molar-refractivity contribution in [3.8, 4) is 11.8 Å². The summed E-state index contributed by atoms with van der Waals surface area (Å²) in [6.45, 7) is 0.482.